The maximum absolute atomic E-state index is 11.7. The summed E-state index contributed by atoms with van der Waals surface area (Å²) >= 11 is 0. The Morgan fingerprint density at radius 3 is 2.68 bits per heavy atom. The average molecular weight is 310 g/mol. The third kappa shape index (κ3) is 5.77. The number of ether oxygens (including phenoxy) is 1. The number of carbonyl (C=O) groups is 1. The average Bonchev–Trinajstić information content (AvgIpc) is 2.87. The van der Waals surface area contributed by atoms with E-state index in [2.05, 4.69) is 10.3 Å². The second kappa shape index (κ2) is 9.09. The van der Waals surface area contributed by atoms with Gasteiger partial charge in [0.1, 0.15) is 12.3 Å². The predicted molar refractivity (Wildman–Crippen MR) is 85.8 cm³/mol. The first kappa shape index (κ1) is 18.0. The summed E-state index contributed by atoms with van der Waals surface area (Å²) in [7, 11) is 7.00. The third-order valence-electron chi connectivity index (χ3n) is 3.19. The summed E-state index contributed by atoms with van der Waals surface area (Å²) in [6.07, 6.45) is 1.67. The van der Waals surface area contributed by atoms with E-state index in [-0.39, 0.29) is 12.5 Å². The van der Waals surface area contributed by atoms with Gasteiger partial charge in [-0.3, -0.25) is 4.79 Å². The second-order valence-electron chi connectivity index (χ2n) is 5.21. The topological polar surface area (TPSA) is 70.3 Å². The van der Waals surface area contributed by atoms with Gasteiger partial charge in [-0.15, -0.1) is 0 Å². The Bertz CT molecular complexity index is 497. The van der Waals surface area contributed by atoms with Gasteiger partial charge in [-0.1, -0.05) is 0 Å². The van der Waals surface area contributed by atoms with Gasteiger partial charge >= 0.3 is 0 Å². The molecule has 0 unspecified atom stereocenters. The van der Waals surface area contributed by atoms with Gasteiger partial charge in [0, 0.05) is 46.9 Å². The summed E-state index contributed by atoms with van der Waals surface area (Å²) in [4.78, 5) is 19.6. The molecule has 0 radical (unpaired) electrons. The zero-order valence-electron chi connectivity index (χ0n) is 14.0. The standard InChI is InChI=1S/C15H26N4O3/c1-12-13(6-8-22-12)11-19(4)15(16-7-9-21-5)17-10-14(20)18(2)3/h6,8H,7,9-11H2,1-5H3,(H,16,17). The minimum absolute atomic E-state index is 0.0427. The number of methoxy groups -OCH3 is 1. The van der Waals surface area contributed by atoms with Crippen LogP contribution in [0.4, 0.5) is 0 Å². The van der Waals surface area contributed by atoms with Crippen LogP contribution >= 0.6 is 0 Å². The molecule has 1 heterocycles. The Hall–Kier alpha value is -2.02. The molecule has 0 aliphatic rings. The highest BCUT2D eigenvalue weighted by molar-refractivity contribution is 5.84. The highest BCUT2D eigenvalue weighted by atomic mass is 16.5. The highest BCUT2D eigenvalue weighted by Crippen LogP contribution is 2.11. The molecule has 7 nitrogen and oxygen atoms in total. The molecule has 1 aromatic heterocycles. The van der Waals surface area contributed by atoms with Crippen LogP contribution in [0.2, 0.25) is 0 Å². The molecule has 0 aromatic carbocycles. The number of nitrogens with zero attached hydrogens (tertiary/aromatic N) is 3. The van der Waals surface area contributed by atoms with Crippen molar-refractivity contribution in [2.24, 2.45) is 4.99 Å². The number of furan rings is 1. The molecule has 1 amide bonds. The number of aliphatic imine (C=N–C) groups is 1. The van der Waals surface area contributed by atoms with Gasteiger partial charge in [0.05, 0.1) is 12.9 Å². The van der Waals surface area contributed by atoms with Crippen molar-refractivity contribution in [3.63, 3.8) is 0 Å². The molecule has 124 valence electrons. The maximum atomic E-state index is 11.7. The minimum Gasteiger partial charge on any atom is -0.469 e. The lowest BCUT2D eigenvalue weighted by Gasteiger charge is -2.22. The molecule has 22 heavy (non-hydrogen) atoms. The Balaban J connectivity index is 2.72. The Kier molecular flexibility index (Phi) is 7.45. The Labute approximate surface area is 131 Å². The van der Waals surface area contributed by atoms with Crippen LogP contribution in [0.15, 0.2) is 21.7 Å². The molecule has 0 fully saturated rings. The molecule has 1 rings (SSSR count). The van der Waals surface area contributed by atoms with Crippen LogP contribution in [0.25, 0.3) is 0 Å². The van der Waals surface area contributed by atoms with Crippen LogP contribution in [0.1, 0.15) is 11.3 Å². The molecule has 0 aliphatic carbocycles. The van der Waals surface area contributed by atoms with Crippen LogP contribution in [0, 0.1) is 6.92 Å². The number of hydrogen-bond donors (Lipinski definition) is 1. The Morgan fingerprint density at radius 2 is 2.14 bits per heavy atom. The summed E-state index contributed by atoms with van der Waals surface area (Å²) in [5.74, 6) is 1.50. The zero-order valence-corrected chi connectivity index (χ0v) is 14.0. The number of nitrogens with one attached hydrogen (secondary N) is 1. The van der Waals surface area contributed by atoms with Crippen LogP contribution in [0.3, 0.4) is 0 Å². The molecule has 0 bridgehead atoms. The normalized spacial score (nSPS) is 11.4. The van der Waals surface area contributed by atoms with Gasteiger partial charge in [-0.2, -0.15) is 0 Å². The monoisotopic (exact) mass is 310 g/mol. The van der Waals surface area contributed by atoms with Gasteiger partial charge in [-0.25, -0.2) is 4.99 Å². The third-order valence-corrected chi connectivity index (χ3v) is 3.19. The second-order valence-corrected chi connectivity index (χ2v) is 5.21. The van der Waals surface area contributed by atoms with Crippen molar-refractivity contribution < 1.29 is 13.9 Å². The van der Waals surface area contributed by atoms with Crippen LogP contribution in [-0.2, 0) is 16.1 Å². The summed E-state index contributed by atoms with van der Waals surface area (Å²) in [6, 6.07) is 1.93. The largest absolute Gasteiger partial charge is 0.469 e. The molecule has 0 saturated heterocycles. The smallest absolute Gasteiger partial charge is 0.243 e. The van der Waals surface area contributed by atoms with Gasteiger partial charge in [0.2, 0.25) is 5.91 Å². The summed E-state index contributed by atoms with van der Waals surface area (Å²) < 4.78 is 10.3. The van der Waals surface area contributed by atoms with E-state index in [0.717, 1.165) is 11.3 Å². The van der Waals surface area contributed by atoms with Gasteiger partial charge in [0.25, 0.3) is 0 Å². The molecule has 0 aliphatic heterocycles. The number of amides is 1. The van der Waals surface area contributed by atoms with Crippen molar-refractivity contribution in [1.82, 2.24) is 15.1 Å². The van der Waals surface area contributed by atoms with E-state index in [4.69, 9.17) is 9.15 Å². The molecular weight excluding hydrogens is 284 g/mol. The molecule has 1 N–H and O–H groups in total. The number of carbonyl (C=O) groups excluding carboxylic acids is 1. The first-order valence-electron chi connectivity index (χ1n) is 7.17. The highest BCUT2D eigenvalue weighted by Gasteiger charge is 2.11. The molecule has 0 saturated carbocycles. The summed E-state index contributed by atoms with van der Waals surface area (Å²) in [5.41, 5.74) is 1.09. The fourth-order valence-corrected chi connectivity index (χ4v) is 1.77. The Morgan fingerprint density at radius 1 is 1.41 bits per heavy atom. The van der Waals surface area contributed by atoms with Crippen molar-refractivity contribution in [1.29, 1.82) is 0 Å². The number of hydrogen-bond acceptors (Lipinski definition) is 4. The zero-order chi connectivity index (χ0) is 16.5. The van der Waals surface area contributed by atoms with Crippen molar-refractivity contribution in [3.05, 3.63) is 23.7 Å². The predicted octanol–water partition coefficient (Wildman–Crippen LogP) is 0.700. The van der Waals surface area contributed by atoms with Crippen molar-refractivity contribution in [3.8, 4) is 0 Å². The van der Waals surface area contributed by atoms with Crippen molar-refractivity contribution >= 4 is 11.9 Å². The molecule has 1 aromatic rings. The van der Waals surface area contributed by atoms with Gasteiger partial charge < -0.3 is 24.3 Å². The molecular formula is C15H26N4O3. The summed E-state index contributed by atoms with van der Waals surface area (Å²) in [5, 5.41) is 3.20. The number of likely N-dealkylation sites (N-methyl/N-ethyl adjacent to an activating group) is 1. The number of guanidine groups is 1. The lowest BCUT2D eigenvalue weighted by atomic mass is 10.2. The fourth-order valence-electron chi connectivity index (χ4n) is 1.77. The minimum atomic E-state index is -0.0427. The number of rotatable bonds is 7. The molecule has 7 heteroatoms. The van der Waals surface area contributed by atoms with Crippen LogP contribution in [0.5, 0.6) is 0 Å². The van der Waals surface area contributed by atoms with E-state index >= 15 is 0 Å². The van der Waals surface area contributed by atoms with E-state index in [1.807, 2.05) is 24.9 Å². The van der Waals surface area contributed by atoms with Crippen molar-refractivity contribution in [2.75, 3.05) is 47.9 Å². The van der Waals surface area contributed by atoms with E-state index in [1.165, 1.54) is 4.90 Å². The quantitative estimate of drug-likeness (QED) is 0.456. The molecule has 0 spiro atoms. The fraction of sp³-hybridized carbons (Fsp3) is 0.600. The van der Waals surface area contributed by atoms with E-state index in [9.17, 15) is 4.79 Å². The van der Waals surface area contributed by atoms with E-state index in [0.29, 0.717) is 25.7 Å². The SMILES string of the molecule is COCCNC(=NCC(=O)N(C)C)N(C)Cc1ccoc1C. The number of aryl methyl sites for hydroxylation is 1. The lowest BCUT2D eigenvalue weighted by Crippen LogP contribution is -2.41. The van der Waals surface area contributed by atoms with E-state index in [1.54, 1.807) is 27.5 Å². The molecule has 0 atom stereocenters. The van der Waals surface area contributed by atoms with Gasteiger partial charge in [-0.05, 0) is 13.0 Å². The summed E-state index contributed by atoms with van der Waals surface area (Å²) in [6.45, 7) is 3.88. The maximum Gasteiger partial charge on any atom is 0.243 e. The van der Waals surface area contributed by atoms with Crippen LogP contribution in [-0.4, -0.2) is 69.6 Å². The van der Waals surface area contributed by atoms with E-state index < -0.39 is 0 Å². The van der Waals surface area contributed by atoms with Crippen molar-refractivity contribution in [2.45, 2.75) is 13.5 Å². The first-order chi connectivity index (χ1) is 10.5. The van der Waals surface area contributed by atoms with Crippen LogP contribution < -0.4 is 5.32 Å². The lowest BCUT2D eigenvalue weighted by molar-refractivity contribution is -0.127. The van der Waals surface area contributed by atoms with Gasteiger partial charge in [0.15, 0.2) is 5.96 Å². The first-order valence-corrected chi connectivity index (χ1v) is 7.17.